The van der Waals surface area contributed by atoms with Crippen molar-refractivity contribution < 1.29 is 4.52 Å². The molecule has 3 nitrogen and oxygen atoms in total. The molecule has 2 rings (SSSR count). The highest BCUT2D eigenvalue weighted by Gasteiger charge is 2.06. The summed E-state index contributed by atoms with van der Waals surface area (Å²) in [6.07, 6.45) is 0. The first kappa shape index (κ1) is 8.97. The SMILES string of the molecule is Cc1ccccc1-c1cc(CN)no1. The molecule has 0 radical (unpaired) electrons. The Bertz CT molecular complexity index is 434. The van der Waals surface area contributed by atoms with Crippen molar-refractivity contribution in [2.24, 2.45) is 5.73 Å². The molecule has 14 heavy (non-hydrogen) atoms. The molecular formula is C11H12N2O. The van der Waals surface area contributed by atoms with Crippen molar-refractivity contribution in [2.75, 3.05) is 0 Å². The van der Waals surface area contributed by atoms with Gasteiger partial charge in [-0.1, -0.05) is 29.4 Å². The molecule has 1 aromatic carbocycles. The Morgan fingerprint density at radius 1 is 1.36 bits per heavy atom. The van der Waals surface area contributed by atoms with E-state index in [-0.39, 0.29) is 0 Å². The van der Waals surface area contributed by atoms with Crippen LogP contribution in [0.2, 0.25) is 0 Å². The van der Waals surface area contributed by atoms with Crippen molar-refractivity contribution in [3.63, 3.8) is 0 Å². The summed E-state index contributed by atoms with van der Waals surface area (Å²) in [5, 5.41) is 3.85. The lowest BCUT2D eigenvalue weighted by Gasteiger charge is -1.98. The van der Waals surface area contributed by atoms with Crippen LogP contribution in [-0.2, 0) is 6.54 Å². The van der Waals surface area contributed by atoms with E-state index in [2.05, 4.69) is 5.16 Å². The quantitative estimate of drug-likeness (QED) is 0.785. The number of benzene rings is 1. The van der Waals surface area contributed by atoms with Crippen molar-refractivity contribution in [1.29, 1.82) is 0 Å². The largest absolute Gasteiger partial charge is 0.356 e. The van der Waals surface area contributed by atoms with E-state index in [9.17, 15) is 0 Å². The second-order valence-corrected chi connectivity index (χ2v) is 3.20. The van der Waals surface area contributed by atoms with Crippen LogP contribution in [0.3, 0.4) is 0 Å². The van der Waals surface area contributed by atoms with Crippen LogP contribution in [0, 0.1) is 6.92 Å². The molecule has 0 fully saturated rings. The standard InChI is InChI=1S/C11H12N2O/c1-8-4-2-3-5-10(8)11-6-9(7-12)13-14-11/h2-6H,7,12H2,1H3. The average Bonchev–Trinajstić information content (AvgIpc) is 2.67. The Kier molecular flexibility index (Phi) is 2.33. The Hall–Kier alpha value is -1.61. The zero-order valence-electron chi connectivity index (χ0n) is 8.03. The average molecular weight is 188 g/mol. The van der Waals surface area contributed by atoms with Gasteiger partial charge in [-0.2, -0.15) is 0 Å². The third kappa shape index (κ3) is 1.54. The first-order valence-electron chi connectivity index (χ1n) is 4.53. The number of nitrogens with zero attached hydrogens (tertiary/aromatic N) is 1. The Morgan fingerprint density at radius 3 is 2.79 bits per heavy atom. The summed E-state index contributed by atoms with van der Waals surface area (Å²) >= 11 is 0. The van der Waals surface area contributed by atoms with E-state index in [1.54, 1.807) is 0 Å². The zero-order valence-corrected chi connectivity index (χ0v) is 8.03. The van der Waals surface area contributed by atoms with Gasteiger partial charge in [-0.05, 0) is 12.5 Å². The normalized spacial score (nSPS) is 10.4. The zero-order chi connectivity index (χ0) is 9.97. The van der Waals surface area contributed by atoms with E-state index < -0.39 is 0 Å². The van der Waals surface area contributed by atoms with Crippen molar-refractivity contribution in [1.82, 2.24) is 5.16 Å². The first-order valence-corrected chi connectivity index (χ1v) is 4.53. The highest BCUT2D eigenvalue weighted by atomic mass is 16.5. The van der Waals surface area contributed by atoms with Gasteiger partial charge in [-0.15, -0.1) is 0 Å². The third-order valence-corrected chi connectivity index (χ3v) is 2.18. The maximum Gasteiger partial charge on any atom is 0.167 e. The van der Waals surface area contributed by atoms with Crippen LogP contribution < -0.4 is 5.73 Å². The first-order chi connectivity index (χ1) is 6.81. The minimum atomic E-state index is 0.412. The van der Waals surface area contributed by atoms with Crippen LogP contribution in [0.15, 0.2) is 34.9 Å². The van der Waals surface area contributed by atoms with Crippen molar-refractivity contribution in [3.05, 3.63) is 41.6 Å². The number of hydrogen-bond donors (Lipinski definition) is 1. The van der Waals surface area contributed by atoms with Crippen LogP contribution in [0.4, 0.5) is 0 Å². The topological polar surface area (TPSA) is 52.0 Å². The molecule has 2 aromatic rings. The minimum absolute atomic E-state index is 0.412. The fourth-order valence-electron chi connectivity index (χ4n) is 1.38. The lowest BCUT2D eigenvalue weighted by atomic mass is 10.1. The highest BCUT2D eigenvalue weighted by molar-refractivity contribution is 5.61. The van der Waals surface area contributed by atoms with E-state index >= 15 is 0 Å². The van der Waals surface area contributed by atoms with Crippen LogP contribution in [0.25, 0.3) is 11.3 Å². The van der Waals surface area contributed by atoms with Gasteiger partial charge < -0.3 is 10.3 Å². The molecule has 0 aliphatic carbocycles. The molecule has 0 saturated heterocycles. The van der Waals surface area contributed by atoms with E-state index in [4.69, 9.17) is 10.3 Å². The summed E-state index contributed by atoms with van der Waals surface area (Å²) in [5.74, 6) is 0.781. The molecule has 0 aliphatic rings. The van der Waals surface area contributed by atoms with Gasteiger partial charge in [-0.3, -0.25) is 0 Å². The number of nitrogens with two attached hydrogens (primary N) is 1. The van der Waals surface area contributed by atoms with Gasteiger partial charge in [0.15, 0.2) is 5.76 Å². The second-order valence-electron chi connectivity index (χ2n) is 3.20. The molecule has 1 heterocycles. The van der Waals surface area contributed by atoms with Crippen LogP contribution >= 0.6 is 0 Å². The molecule has 2 N–H and O–H groups in total. The van der Waals surface area contributed by atoms with Crippen LogP contribution in [0.1, 0.15) is 11.3 Å². The minimum Gasteiger partial charge on any atom is -0.356 e. The molecule has 0 aliphatic heterocycles. The van der Waals surface area contributed by atoms with Gasteiger partial charge >= 0.3 is 0 Å². The van der Waals surface area contributed by atoms with Gasteiger partial charge in [0, 0.05) is 18.2 Å². The van der Waals surface area contributed by atoms with Crippen molar-refractivity contribution in [3.8, 4) is 11.3 Å². The highest BCUT2D eigenvalue weighted by Crippen LogP contribution is 2.23. The number of hydrogen-bond acceptors (Lipinski definition) is 3. The number of rotatable bonds is 2. The fourth-order valence-corrected chi connectivity index (χ4v) is 1.38. The van der Waals surface area contributed by atoms with Crippen molar-refractivity contribution >= 4 is 0 Å². The number of aromatic nitrogens is 1. The number of aryl methyl sites for hydroxylation is 1. The molecule has 0 atom stereocenters. The summed E-state index contributed by atoms with van der Waals surface area (Å²) in [6, 6.07) is 9.91. The summed E-state index contributed by atoms with van der Waals surface area (Å²) in [5.41, 5.74) is 8.48. The van der Waals surface area contributed by atoms with E-state index in [0.717, 1.165) is 17.0 Å². The molecule has 0 saturated carbocycles. The predicted molar refractivity (Wildman–Crippen MR) is 54.6 cm³/mol. The predicted octanol–water partition coefficient (Wildman–Crippen LogP) is 2.11. The van der Waals surface area contributed by atoms with Crippen LogP contribution in [0.5, 0.6) is 0 Å². The van der Waals surface area contributed by atoms with Gasteiger partial charge in [-0.25, -0.2) is 0 Å². The summed E-state index contributed by atoms with van der Waals surface area (Å²) in [6.45, 7) is 2.45. The molecule has 0 unspecified atom stereocenters. The molecule has 72 valence electrons. The van der Waals surface area contributed by atoms with Gasteiger partial charge in [0.05, 0.1) is 5.69 Å². The smallest absolute Gasteiger partial charge is 0.167 e. The van der Waals surface area contributed by atoms with Gasteiger partial charge in [0.25, 0.3) is 0 Å². The molecule has 0 bridgehead atoms. The Balaban J connectivity index is 2.44. The Labute approximate surface area is 82.5 Å². The van der Waals surface area contributed by atoms with Crippen LogP contribution in [-0.4, -0.2) is 5.16 Å². The van der Waals surface area contributed by atoms with E-state index in [1.807, 2.05) is 37.3 Å². The third-order valence-electron chi connectivity index (χ3n) is 2.18. The van der Waals surface area contributed by atoms with Crippen molar-refractivity contribution in [2.45, 2.75) is 13.5 Å². The van der Waals surface area contributed by atoms with E-state index in [1.165, 1.54) is 5.56 Å². The maximum atomic E-state index is 5.46. The maximum absolute atomic E-state index is 5.46. The van der Waals surface area contributed by atoms with E-state index in [0.29, 0.717) is 6.54 Å². The molecule has 3 heteroatoms. The lowest BCUT2D eigenvalue weighted by molar-refractivity contribution is 0.423. The fraction of sp³-hybridized carbons (Fsp3) is 0.182. The second kappa shape index (κ2) is 3.64. The monoisotopic (exact) mass is 188 g/mol. The lowest BCUT2D eigenvalue weighted by Crippen LogP contribution is -1.94. The molecule has 1 aromatic heterocycles. The molecular weight excluding hydrogens is 176 g/mol. The summed E-state index contributed by atoms with van der Waals surface area (Å²) in [7, 11) is 0. The summed E-state index contributed by atoms with van der Waals surface area (Å²) in [4.78, 5) is 0. The van der Waals surface area contributed by atoms with Gasteiger partial charge in [0.2, 0.25) is 0 Å². The molecule has 0 spiro atoms. The molecule has 0 amide bonds. The Morgan fingerprint density at radius 2 is 2.14 bits per heavy atom. The summed E-state index contributed by atoms with van der Waals surface area (Å²) < 4.78 is 5.19. The van der Waals surface area contributed by atoms with Gasteiger partial charge in [0.1, 0.15) is 0 Å².